The van der Waals surface area contributed by atoms with E-state index in [0.29, 0.717) is 0 Å². The van der Waals surface area contributed by atoms with E-state index in [1.807, 2.05) is 49.7 Å². The maximum atomic E-state index is 6.30. The third-order valence-electron chi connectivity index (χ3n) is 2.79. The zero-order valence-corrected chi connectivity index (χ0v) is 11.0. The van der Waals surface area contributed by atoms with E-state index in [2.05, 4.69) is 4.98 Å². The Bertz CT molecular complexity index is 519. The molecule has 2 aromatic rings. The Labute approximate surface area is 107 Å². The van der Waals surface area contributed by atoms with Crippen LogP contribution in [0.2, 0.25) is 0 Å². The molecule has 1 aromatic carbocycles. The largest absolute Gasteiger partial charge is 0.491 e. The summed E-state index contributed by atoms with van der Waals surface area (Å²) in [5.74, 6) is 0.834. The number of nitrogens with zero attached hydrogens (tertiary/aromatic N) is 2. The SMILES string of the molecule is CC(C)Oc1ccccc1C(N)c1cncn1C. The number of aromatic nitrogens is 2. The van der Waals surface area contributed by atoms with Gasteiger partial charge in [0.2, 0.25) is 0 Å². The van der Waals surface area contributed by atoms with Crippen LogP contribution in [-0.2, 0) is 7.05 Å². The molecule has 0 radical (unpaired) electrons. The Morgan fingerprint density at radius 3 is 2.61 bits per heavy atom. The minimum absolute atomic E-state index is 0.130. The van der Waals surface area contributed by atoms with E-state index < -0.39 is 0 Å². The lowest BCUT2D eigenvalue weighted by Crippen LogP contribution is -2.17. The van der Waals surface area contributed by atoms with Crippen LogP contribution >= 0.6 is 0 Å². The van der Waals surface area contributed by atoms with Crippen LogP contribution in [0, 0.1) is 0 Å². The van der Waals surface area contributed by atoms with Crippen molar-refractivity contribution in [2.24, 2.45) is 12.8 Å². The van der Waals surface area contributed by atoms with Gasteiger partial charge in [0.05, 0.1) is 30.4 Å². The van der Waals surface area contributed by atoms with Crippen LogP contribution in [0.1, 0.15) is 31.1 Å². The lowest BCUT2D eigenvalue weighted by atomic mass is 10.0. The van der Waals surface area contributed by atoms with Crippen molar-refractivity contribution in [1.82, 2.24) is 9.55 Å². The predicted octanol–water partition coefficient (Wildman–Crippen LogP) is 2.26. The summed E-state index contributed by atoms with van der Waals surface area (Å²) >= 11 is 0. The van der Waals surface area contributed by atoms with Crippen LogP contribution in [0.4, 0.5) is 0 Å². The van der Waals surface area contributed by atoms with Crippen molar-refractivity contribution in [3.05, 3.63) is 48.0 Å². The number of hydrogen-bond donors (Lipinski definition) is 1. The topological polar surface area (TPSA) is 53.1 Å². The molecule has 0 bridgehead atoms. The van der Waals surface area contributed by atoms with Crippen molar-refractivity contribution in [3.63, 3.8) is 0 Å². The van der Waals surface area contributed by atoms with E-state index in [4.69, 9.17) is 10.5 Å². The molecule has 4 heteroatoms. The van der Waals surface area contributed by atoms with Gasteiger partial charge in [-0.3, -0.25) is 0 Å². The van der Waals surface area contributed by atoms with Gasteiger partial charge in [-0.25, -0.2) is 4.98 Å². The summed E-state index contributed by atoms with van der Waals surface area (Å²) < 4.78 is 7.72. The zero-order valence-electron chi connectivity index (χ0n) is 11.0. The van der Waals surface area contributed by atoms with Crippen LogP contribution in [-0.4, -0.2) is 15.7 Å². The predicted molar refractivity (Wildman–Crippen MR) is 71.4 cm³/mol. The number of ether oxygens (including phenoxy) is 1. The molecule has 2 N–H and O–H groups in total. The van der Waals surface area contributed by atoms with Crippen LogP contribution < -0.4 is 10.5 Å². The number of rotatable bonds is 4. The highest BCUT2D eigenvalue weighted by atomic mass is 16.5. The maximum absolute atomic E-state index is 6.30. The average Bonchev–Trinajstić information content (AvgIpc) is 2.74. The van der Waals surface area contributed by atoms with Gasteiger partial charge in [0.1, 0.15) is 5.75 Å². The molecule has 0 saturated heterocycles. The van der Waals surface area contributed by atoms with E-state index in [-0.39, 0.29) is 12.1 Å². The second-order valence-electron chi connectivity index (χ2n) is 4.61. The van der Waals surface area contributed by atoms with E-state index in [9.17, 15) is 0 Å². The van der Waals surface area contributed by atoms with Crippen LogP contribution in [0.3, 0.4) is 0 Å². The Kier molecular flexibility index (Phi) is 3.67. The van der Waals surface area contributed by atoms with E-state index in [0.717, 1.165) is 17.0 Å². The summed E-state index contributed by atoms with van der Waals surface area (Å²) in [6.45, 7) is 4.01. The molecule has 0 saturated carbocycles. The Morgan fingerprint density at radius 1 is 1.28 bits per heavy atom. The summed E-state index contributed by atoms with van der Waals surface area (Å²) in [6.07, 6.45) is 3.67. The third-order valence-corrected chi connectivity index (χ3v) is 2.79. The van der Waals surface area contributed by atoms with Crippen LogP contribution in [0.25, 0.3) is 0 Å². The molecule has 4 nitrogen and oxygen atoms in total. The highest BCUT2D eigenvalue weighted by Gasteiger charge is 2.17. The van der Waals surface area contributed by atoms with E-state index >= 15 is 0 Å². The van der Waals surface area contributed by atoms with Crippen molar-refractivity contribution in [2.75, 3.05) is 0 Å². The minimum atomic E-state index is -0.229. The molecule has 2 rings (SSSR count). The molecule has 0 aliphatic rings. The molecule has 1 heterocycles. The quantitative estimate of drug-likeness (QED) is 0.899. The fraction of sp³-hybridized carbons (Fsp3) is 0.357. The molecule has 18 heavy (non-hydrogen) atoms. The highest BCUT2D eigenvalue weighted by Crippen LogP contribution is 2.28. The maximum Gasteiger partial charge on any atom is 0.124 e. The minimum Gasteiger partial charge on any atom is -0.491 e. The molecule has 0 amide bonds. The molecule has 1 unspecified atom stereocenters. The third kappa shape index (κ3) is 2.54. The fourth-order valence-electron chi connectivity index (χ4n) is 1.93. The van der Waals surface area contributed by atoms with Gasteiger partial charge < -0.3 is 15.0 Å². The molecular formula is C14H19N3O. The average molecular weight is 245 g/mol. The summed E-state index contributed by atoms with van der Waals surface area (Å²) in [4.78, 5) is 4.10. The number of hydrogen-bond acceptors (Lipinski definition) is 3. The van der Waals surface area contributed by atoms with Crippen molar-refractivity contribution in [3.8, 4) is 5.75 Å². The van der Waals surface area contributed by atoms with E-state index in [1.54, 1.807) is 12.5 Å². The first-order chi connectivity index (χ1) is 8.59. The van der Waals surface area contributed by atoms with Gasteiger partial charge in [0.15, 0.2) is 0 Å². The lowest BCUT2D eigenvalue weighted by Gasteiger charge is -2.19. The smallest absolute Gasteiger partial charge is 0.124 e. The lowest BCUT2D eigenvalue weighted by molar-refractivity contribution is 0.239. The van der Waals surface area contributed by atoms with Gasteiger partial charge in [-0.1, -0.05) is 18.2 Å². The van der Waals surface area contributed by atoms with Crippen molar-refractivity contribution in [1.29, 1.82) is 0 Å². The fourth-order valence-corrected chi connectivity index (χ4v) is 1.93. The van der Waals surface area contributed by atoms with Gasteiger partial charge >= 0.3 is 0 Å². The molecule has 0 aliphatic heterocycles. The standard InChI is InChI=1S/C14H19N3O/c1-10(2)18-13-7-5-4-6-11(13)14(15)12-8-16-9-17(12)3/h4-10,14H,15H2,1-3H3. The van der Waals surface area contributed by atoms with Gasteiger partial charge in [0.25, 0.3) is 0 Å². The normalized spacial score (nSPS) is 12.7. The summed E-state index contributed by atoms with van der Waals surface area (Å²) in [7, 11) is 1.94. The molecule has 0 aliphatic carbocycles. The number of nitrogens with two attached hydrogens (primary N) is 1. The van der Waals surface area contributed by atoms with Gasteiger partial charge in [0, 0.05) is 12.6 Å². The first kappa shape index (κ1) is 12.6. The monoisotopic (exact) mass is 245 g/mol. The molecule has 1 aromatic heterocycles. The highest BCUT2D eigenvalue weighted by molar-refractivity contribution is 5.39. The zero-order chi connectivity index (χ0) is 13.1. The molecule has 0 spiro atoms. The Balaban J connectivity index is 2.36. The van der Waals surface area contributed by atoms with Gasteiger partial charge in [-0.15, -0.1) is 0 Å². The van der Waals surface area contributed by atoms with Crippen LogP contribution in [0.5, 0.6) is 5.75 Å². The second kappa shape index (κ2) is 5.23. The number of para-hydroxylation sites is 1. The Morgan fingerprint density at radius 2 is 2.00 bits per heavy atom. The number of benzene rings is 1. The van der Waals surface area contributed by atoms with Crippen molar-refractivity contribution >= 4 is 0 Å². The number of aryl methyl sites for hydroxylation is 1. The number of imidazole rings is 1. The van der Waals surface area contributed by atoms with Crippen molar-refractivity contribution < 1.29 is 4.74 Å². The summed E-state index contributed by atoms with van der Waals surface area (Å²) in [6, 6.07) is 7.64. The van der Waals surface area contributed by atoms with Gasteiger partial charge in [-0.05, 0) is 19.9 Å². The first-order valence-corrected chi connectivity index (χ1v) is 6.07. The van der Waals surface area contributed by atoms with E-state index in [1.165, 1.54) is 0 Å². The van der Waals surface area contributed by atoms with Gasteiger partial charge in [-0.2, -0.15) is 0 Å². The first-order valence-electron chi connectivity index (χ1n) is 6.07. The molecule has 0 fully saturated rings. The Hall–Kier alpha value is -1.81. The van der Waals surface area contributed by atoms with Crippen LogP contribution in [0.15, 0.2) is 36.8 Å². The molecule has 1 atom stereocenters. The molecular weight excluding hydrogens is 226 g/mol. The summed E-state index contributed by atoms with van der Waals surface area (Å²) in [5, 5.41) is 0. The summed E-state index contributed by atoms with van der Waals surface area (Å²) in [5.41, 5.74) is 8.25. The van der Waals surface area contributed by atoms with Crippen molar-refractivity contribution in [2.45, 2.75) is 26.0 Å². The molecule has 96 valence electrons. The second-order valence-corrected chi connectivity index (χ2v) is 4.61.